The SMILES string of the molecule is COc1cc(C=O)ccc1OCCCO[C@H]1O[C@@H]2O[C@@]3(C)CCC4[C@H](C)CC[C@@H]([C@H]1C)[C@]42OO3. The molecule has 1 spiro atoms. The predicted octanol–water partition coefficient (Wildman–Crippen LogP) is 4.50. The van der Waals surface area contributed by atoms with Gasteiger partial charge in [-0.1, -0.05) is 13.8 Å². The van der Waals surface area contributed by atoms with Crippen LogP contribution in [0.4, 0.5) is 0 Å². The number of ether oxygens (including phenoxy) is 5. The van der Waals surface area contributed by atoms with Gasteiger partial charge in [0.25, 0.3) is 0 Å². The Balaban J connectivity index is 1.20. The van der Waals surface area contributed by atoms with Crippen LogP contribution < -0.4 is 9.47 Å². The highest BCUT2D eigenvalue weighted by atomic mass is 17.3. The summed E-state index contributed by atoms with van der Waals surface area (Å²) in [6.45, 7) is 7.38. The first kappa shape index (κ1) is 24.0. The molecule has 8 heteroatoms. The van der Waals surface area contributed by atoms with Gasteiger partial charge >= 0.3 is 0 Å². The molecule has 0 N–H and O–H groups in total. The first-order valence-electron chi connectivity index (χ1n) is 12.5. The summed E-state index contributed by atoms with van der Waals surface area (Å²) in [4.78, 5) is 23.0. The van der Waals surface area contributed by atoms with Gasteiger partial charge in [-0.2, -0.15) is 0 Å². The van der Waals surface area contributed by atoms with Gasteiger partial charge in [0.2, 0.25) is 5.79 Å². The minimum atomic E-state index is -0.783. The van der Waals surface area contributed by atoms with Crippen LogP contribution in [0.3, 0.4) is 0 Å². The summed E-state index contributed by atoms with van der Waals surface area (Å²) in [5, 5.41) is 0. The number of benzene rings is 1. The maximum absolute atomic E-state index is 11.0. The molecule has 4 aliphatic heterocycles. The van der Waals surface area contributed by atoms with E-state index < -0.39 is 17.7 Å². The van der Waals surface area contributed by atoms with E-state index in [-0.39, 0.29) is 18.1 Å². The lowest BCUT2D eigenvalue weighted by Crippen LogP contribution is -2.70. The molecule has 1 aromatic rings. The normalized spacial score (nSPS) is 40.8. The third kappa shape index (κ3) is 4.03. The molecular weight excluding hydrogens is 440 g/mol. The van der Waals surface area contributed by atoms with E-state index in [1.54, 1.807) is 25.3 Å². The van der Waals surface area contributed by atoms with Gasteiger partial charge in [-0.15, -0.1) is 0 Å². The smallest absolute Gasteiger partial charge is 0.201 e. The van der Waals surface area contributed by atoms with Crippen molar-refractivity contribution < 1.29 is 38.3 Å². The lowest BCUT2D eigenvalue weighted by molar-refractivity contribution is -0.577. The molecule has 1 unspecified atom stereocenters. The van der Waals surface area contributed by atoms with Crippen LogP contribution in [0.25, 0.3) is 0 Å². The highest BCUT2D eigenvalue weighted by molar-refractivity contribution is 5.76. The standard InChI is InChI=1S/C26H36O8/c1-16-6-8-20-17(2)23(31-24-26(20)19(16)10-11-25(3,32-24)33-34-26)30-13-5-12-29-21-9-7-18(15-27)14-22(21)28-4/h7,9,14-17,19-20,23-24H,5-6,8,10-13H2,1-4H3/t16-,17-,19?,20+,23+,24-,25-,26-/m1/s1. The van der Waals surface area contributed by atoms with Crippen molar-refractivity contribution in [3.8, 4) is 11.5 Å². The Morgan fingerprint density at radius 1 is 1.09 bits per heavy atom. The molecule has 8 nitrogen and oxygen atoms in total. The van der Waals surface area contributed by atoms with Crippen molar-refractivity contribution in [3.05, 3.63) is 23.8 Å². The molecule has 2 bridgehead atoms. The highest BCUT2D eigenvalue weighted by Crippen LogP contribution is 2.60. The van der Waals surface area contributed by atoms with E-state index >= 15 is 0 Å². The zero-order valence-corrected chi connectivity index (χ0v) is 20.5. The Morgan fingerprint density at radius 3 is 2.74 bits per heavy atom. The van der Waals surface area contributed by atoms with Crippen LogP contribution in [0, 0.1) is 23.7 Å². The van der Waals surface area contributed by atoms with Gasteiger partial charge in [0, 0.05) is 30.2 Å². The van der Waals surface area contributed by atoms with Crippen molar-refractivity contribution >= 4 is 6.29 Å². The number of carbonyl (C=O) groups excluding carboxylic acids is 1. The maximum Gasteiger partial charge on any atom is 0.201 e. The molecule has 34 heavy (non-hydrogen) atoms. The fraction of sp³-hybridized carbons (Fsp3) is 0.731. The first-order valence-corrected chi connectivity index (χ1v) is 12.5. The summed E-state index contributed by atoms with van der Waals surface area (Å²) in [6.07, 6.45) is 4.62. The van der Waals surface area contributed by atoms with Gasteiger partial charge in [0.1, 0.15) is 6.29 Å². The molecule has 0 amide bonds. The number of fused-ring (bicyclic) bond motifs is 2. The molecule has 8 atom stereocenters. The number of carbonyl (C=O) groups is 1. The average Bonchev–Trinajstić information content (AvgIpc) is 3.07. The van der Waals surface area contributed by atoms with Gasteiger partial charge in [-0.25, -0.2) is 9.78 Å². The molecule has 188 valence electrons. The predicted molar refractivity (Wildman–Crippen MR) is 121 cm³/mol. The Morgan fingerprint density at radius 2 is 1.94 bits per heavy atom. The Bertz CT molecular complexity index is 892. The summed E-state index contributed by atoms with van der Waals surface area (Å²) in [6, 6.07) is 5.12. The van der Waals surface area contributed by atoms with E-state index in [0.717, 1.165) is 25.5 Å². The second-order valence-corrected chi connectivity index (χ2v) is 10.4. The van der Waals surface area contributed by atoms with Crippen molar-refractivity contribution in [3.63, 3.8) is 0 Å². The van der Waals surface area contributed by atoms with E-state index in [2.05, 4.69) is 13.8 Å². The minimum absolute atomic E-state index is 0.151. The molecule has 4 heterocycles. The summed E-state index contributed by atoms with van der Waals surface area (Å²) in [5.74, 6) is 1.64. The Kier molecular flexibility index (Phi) is 6.63. The van der Waals surface area contributed by atoms with Gasteiger partial charge in [0.05, 0.1) is 20.3 Å². The van der Waals surface area contributed by atoms with Crippen LogP contribution in [0.2, 0.25) is 0 Å². The molecule has 5 aliphatic rings. The zero-order chi connectivity index (χ0) is 23.9. The lowest BCUT2D eigenvalue weighted by Gasteiger charge is -2.60. The van der Waals surface area contributed by atoms with Crippen molar-refractivity contribution in [1.29, 1.82) is 0 Å². The van der Waals surface area contributed by atoms with Crippen molar-refractivity contribution in [2.24, 2.45) is 23.7 Å². The average molecular weight is 477 g/mol. The summed E-state index contributed by atoms with van der Waals surface area (Å²) in [5.41, 5.74) is -0.0222. The molecular formula is C26H36O8. The summed E-state index contributed by atoms with van der Waals surface area (Å²) < 4.78 is 30.2. The molecule has 0 radical (unpaired) electrons. The molecule has 4 saturated heterocycles. The minimum Gasteiger partial charge on any atom is -0.493 e. The fourth-order valence-electron chi connectivity index (χ4n) is 6.38. The molecule has 5 fully saturated rings. The van der Waals surface area contributed by atoms with E-state index in [4.69, 9.17) is 33.5 Å². The third-order valence-corrected chi connectivity index (χ3v) is 8.25. The van der Waals surface area contributed by atoms with Gasteiger partial charge in [0.15, 0.2) is 29.7 Å². The van der Waals surface area contributed by atoms with Crippen LogP contribution in [-0.2, 0) is 24.0 Å². The number of hydrogen-bond acceptors (Lipinski definition) is 8. The lowest BCUT2D eigenvalue weighted by atomic mass is 9.58. The third-order valence-electron chi connectivity index (χ3n) is 8.25. The molecule has 1 saturated carbocycles. The molecule has 1 aliphatic carbocycles. The number of aldehydes is 1. The van der Waals surface area contributed by atoms with E-state index in [0.29, 0.717) is 48.5 Å². The molecule has 0 aromatic heterocycles. The second kappa shape index (κ2) is 9.39. The van der Waals surface area contributed by atoms with E-state index in [9.17, 15) is 4.79 Å². The van der Waals surface area contributed by atoms with Gasteiger partial charge in [-0.3, -0.25) is 4.79 Å². The van der Waals surface area contributed by atoms with E-state index in [1.807, 2.05) is 6.92 Å². The summed E-state index contributed by atoms with van der Waals surface area (Å²) in [7, 11) is 1.56. The zero-order valence-electron chi connectivity index (χ0n) is 20.5. The summed E-state index contributed by atoms with van der Waals surface area (Å²) >= 11 is 0. The largest absolute Gasteiger partial charge is 0.493 e. The Hall–Kier alpha value is -1.71. The van der Waals surface area contributed by atoms with E-state index in [1.165, 1.54) is 6.42 Å². The maximum atomic E-state index is 11.0. The van der Waals surface area contributed by atoms with Crippen LogP contribution >= 0.6 is 0 Å². The monoisotopic (exact) mass is 476 g/mol. The van der Waals surface area contributed by atoms with Crippen LogP contribution in [0.1, 0.15) is 63.2 Å². The first-order chi connectivity index (χ1) is 16.4. The van der Waals surface area contributed by atoms with Crippen molar-refractivity contribution in [1.82, 2.24) is 0 Å². The number of methoxy groups -OCH3 is 1. The quantitative estimate of drug-likeness (QED) is 0.308. The van der Waals surface area contributed by atoms with Crippen LogP contribution in [-0.4, -0.2) is 50.6 Å². The topological polar surface area (TPSA) is 81.7 Å². The van der Waals surface area contributed by atoms with Crippen molar-refractivity contribution in [2.45, 2.75) is 76.8 Å². The molecule has 6 rings (SSSR count). The van der Waals surface area contributed by atoms with Gasteiger partial charge < -0.3 is 23.7 Å². The highest BCUT2D eigenvalue weighted by Gasteiger charge is 2.69. The number of hydrogen-bond donors (Lipinski definition) is 0. The van der Waals surface area contributed by atoms with Gasteiger partial charge in [-0.05, 0) is 56.2 Å². The second-order valence-electron chi connectivity index (χ2n) is 10.4. The van der Waals surface area contributed by atoms with Crippen LogP contribution in [0.15, 0.2) is 18.2 Å². The molecule has 1 aromatic carbocycles. The Labute approximate surface area is 201 Å². The number of rotatable bonds is 8. The fourth-order valence-corrected chi connectivity index (χ4v) is 6.38. The van der Waals surface area contributed by atoms with Crippen LogP contribution in [0.5, 0.6) is 11.5 Å². The van der Waals surface area contributed by atoms with Crippen molar-refractivity contribution in [2.75, 3.05) is 20.3 Å².